The van der Waals surface area contributed by atoms with Gasteiger partial charge >= 0.3 is 0 Å². The van der Waals surface area contributed by atoms with Crippen LogP contribution in [-0.4, -0.2) is 24.0 Å². The van der Waals surface area contributed by atoms with Crippen LogP contribution in [0.5, 0.6) is 0 Å². The van der Waals surface area contributed by atoms with Gasteiger partial charge in [0.05, 0.1) is 0 Å². The summed E-state index contributed by atoms with van der Waals surface area (Å²) in [5, 5.41) is 6.94. The van der Waals surface area contributed by atoms with Crippen LogP contribution in [0.4, 0.5) is 0 Å². The van der Waals surface area contributed by atoms with Gasteiger partial charge in [-0.15, -0.1) is 0 Å². The highest BCUT2D eigenvalue weighted by Gasteiger charge is 2.21. The number of Topliss-reactive ketones (excluding diaryl/α,β-unsaturated/α-hetero) is 1. The van der Waals surface area contributed by atoms with Crippen LogP contribution in [-0.2, 0) is 0 Å². The molecule has 1 saturated heterocycles. The highest BCUT2D eigenvalue weighted by Crippen LogP contribution is 2.22. The molecule has 1 N–H and O–H groups in total. The molecule has 4 nitrogen and oxygen atoms in total. The fourth-order valence-corrected chi connectivity index (χ4v) is 1.55. The Morgan fingerprint density at radius 3 is 3.15 bits per heavy atom. The lowest BCUT2D eigenvalue weighted by atomic mass is 10.1. The number of aromatic nitrogens is 1. The number of nitrogens with one attached hydrogen (secondary N) is 1. The summed E-state index contributed by atoms with van der Waals surface area (Å²) in [7, 11) is 0. The van der Waals surface area contributed by atoms with Gasteiger partial charge in [0, 0.05) is 25.5 Å². The van der Waals surface area contributed by atoms with E-state index in [2.05, 4.69) is 10.5 Å². The molecule has 1 aromatic rings. The van der Waals surface area contributed by atoms with Gasteiger partial charge in [0.1, 0.15) is 11.5 Å². The number of hydrogen-bond donors (Lipinski definition) is 1. The standard InChI is InChI=1S/C9H12N2O2/c1-6(12)8-4-9(13-11-8)7-2-3-10-5-7/h4,7,10H,2-3,5H2,1H3. The lowest BCUT2D eigenvalue weighted by molar-refractivity contribution is 0.100. The lowest BCUT2D eigenvalue weighted by Crippen LogP contribution is -2.07. The molecule has 2 heterocycles. The molecule has 70 valence electrons. The SMILES string of the molecule is CC(=O)c1cc(C2CCNC2)on1. The number of carbonyl (C=O) groups excluding carboxylic acids is 1. The fraction of sp³-hybridized carbons (Fsp3) is 0.556. The van der Waals surface area contributed by atoms with E-state index in [1.807, 2.05) is 0 Å². The van der Waals surface area contributed by atoms with Crippen LogP contribution in [0, 0.1) is 0 Å². The van der Waals surface area contributed by atoms with Gasteiger partial charge in [-0.3, -0.25) is 4.79 Å². The summed E-state index contributed by atoms with van der Waals surface area (Å²) < 4.78 is 5.10. The molecule has 1 aromatic heterocycles. The van der Waals surface area contributed by atoms with Gasteiger partial charge in [-0.25, -0.2) is 0 Å². The fourth-order valence-electron chi connectivity index (χ4n) is 1.55. The van der Waals surface area contributed by atoms with Crippen LogP contribution in [0.25, 0.3) is 0 Å². The van der Waals surface area contributed by atoms with E-state index in [9.17, 15) is 4.79 Å². The Morgan fingerprint density at radius 1 is 1.77 bits per heavy atom. The van der Waals surface area contributed by atoms with Crippen LogP contribution in [0.15, 0.2) is 10.6 Å². The third-order valence-electron chi connectivity index (χ3n) is 2.35. The third-order valence-corrected chi connectivity index (χ3v) is 2.35. The molecular weight excluding hydrogens is 168 g/mol. The molecule has 1 aliphatic rings. The smallest absolute Gasteiger partial charge is 0.181 e. The molecule has 1 fully saturated rings. The van der Waals surface area contributed by atoms with E-state index in [0.717, 1.165) is 25.3 Å². The van der Waals surface area contributed by atoms with Crippen molar-refractivity contribution >= 4 is 5.78 Å². The summed E-state index contributed by atoms with van der Waals surface area (Å²) >= 11 is 0. The number of ketones is 1. The second kappa shape index (κ2) is 3.30. The average molecular weight is 180 g/mol. The molecule has 13 heavy (non-hydrogen) atoms. The van der Waals surface area contributed by atoms with Crippen molar-refractivity contribution in [1.82, 2.24) is 10.5 Å². The second-order valence-electron chi connectivity index (χ2n) is 3.36. The van der Waals surface area contributed by atoms with Crippen LogP contribution in [0.3, 0.4) is 0 Å². The highest BCUT2D eigenvalue weighted by molar-refractivity contribution is 5.91. The quantitative estimate of drug-likeness (QED) is 0.688. The predicted molar refractivity (Wildman–Crippen MR) is 46.7 cm³/mol. The number of nitrogens with zero attached hydrogens (tertiary/aromatic N) is 1. The molecule has 0 aliphatic carbocycles. The van der Waals surface area contributed by atoms with Crippen molar-refractivity contribution in [2.45, 2.75) is 19.3 Å². The van der Waals surface area contributed by atoms with Crippen molar-refractivity contribution in [2.24, 2.45) is 0 Å². The first-order valence-corrected chi connectivity index (χ1v) is 4.45. The summed E-state index contributed by atoms with van der Waals surface area (Å²) in [5.41, 5.74) is 0.432. The van der Waals surface area contributed by atoms with E-state index in [4.69, 9.17) is 4.52 Å². The first-order chi connectivity index (χ1) is 6.27. The van der Waals surface area contributed by atoms with Crippen LogP contribution >= 0.6 is 0 Å². The van der Waals surface area contributed by atoms with Gasteiger partial charge < -0.3 is 9.84 Å². The molecule has 0 bridgehead atoms. The van der Waals surface area contributed by atoms with Gasteiger partial charge in [0.2, 0.25) is 0 Å². The summed E-state index contributed by atoms with van der Waals surface area (Å²) in [5.74, 6) is 1.18. The molecule has 0 aromatic carbocycles. The maximum Gasteiger partial charge on any atom is 0.181 e. The maximum atomic E-state index is 10.9. The molecule has 1 aliphatic heterocycles. The first-order valence-electron chi connectivity index (χ1n) is 4.45. The summed E-state index contributed by atoms with van der Waals surface area (Å²) in [6.07, 6.45) is 1.06. The van der Waals surface area contributed by atoms with Gasteiger partial charge in [0.25, 0.3) is 0 Å². The van der Waals surface area contributed by atoms with E-state index in [1.54, 1.807) is 6.07 Å². The zero-order valence-electron chi connectivity index (χ0n) is 7.54. The van der Waals surface area contributed by atoms with Crippen molar-refractivity contribution < 1.29 is 9.32 Å². The van der Waals surface area contributed by atoms with E-state index < -0.39 is 0 Å². The molecule has 0 radical (unpaired) electrons. The highest BCUT2D eigenvalue weighted by atomic mass is 16.5. The summed E-state index contributed by atoms with van der Waals surface area (Å²) in [6.45, 7) is 3.43. The van der Waals surface area contributed by atoms with Crippen LogP contribution in [0.2, 0.25) is 0 Å². The zero-order chi connectivity index (χ0) is 9.26. The minimum atomic E-state index is -0.0408. The van der Waals surface area contributed by atoms with Crippen LogP contribution < -0.4 is 5.32 Å². The largest absolute Gasteiger partial charge is 0.360 e. The van der Waals surface area contributed by atoms with E-state index in [1.165, 1.54) is 6.92 Å². The molecule has 0 saturated carbocycles. The maximum absolute atomic E-state index is 10.9. The van der Waals surface area contributed by atoms with Crippen LogP contribution in [0.1, 0.15) is 35.5 Å². The summed E-state index contributed by atoms with van der Waals surface area (Å²) in [4.78, 5) is 10.9. The zero-order valence-corrected chi connectivity index (χ0v) is 7.54. The van der Waals surface area contributed by atoms with E-state index in [0.29, 0.717) is 11.6 Å². The van der Waals surface area contributed by atoms with Crippen molar-refractivity contribution in [3.63, 3.8) is 0 Å². The number of rotatable bonds is 2. The lowest BCUT2D eigenvalue weighted by Gasteiger charge is -1.99. The Bertz CT molecular complexity index is 313. The van der Waals surface area contributed by atoms with Gasteiger partial charge in [-0.2, -0.15) is 0 Å². The van der Waals surface area contributed by atoms with Crippen molar-refractivity contribution in [3.8, 4) is 0 Å². The number of hydrogen-bond acceptors (Lipinski definition) is 4. The Balaban J connectivity index is 2.16. The van der Waals surface area contributed by atoms with E-state index in [-0.39, 0.29) is 5.78 Å². The second-order valence-corrected chi connectivity index (χ2v) is 3.36. The Labute approximate surface area is 76.3 Å². The van der Waals surface area contributed by atoms with E-state index >= 15 is 0 Å². The van der Waals surface area contributed by atoms with Gasteiger partial charge in [-0.05, 0) is 13.0 Å². The predicted octanol–water partition coefficient (Wildman–Crippen LogP) is 0.954. The molecule has 0 spiro atoms. The molecule has 1 atom stereocenters. The monoisotopic (exact) mass is 180 g/mol. The Morgan fingerprint density at radius 2 is 2.62 bits per heavy atom. The summed E-state index contributed by atoms with van der Waals surface area (Å²) in [6, 6.07) is 1.75. The molecule has 2 rings (SSSR count). The van der Waals surface area contributed by atoms with Gasteiger partial charge in [0.15, 0.2) is 5.78 Å². The topological polar surface area (TPSA) is 55.1 Å². The van der Waals surface area contributed by atoms with Crippen molar-refractivity contribution in [3.05, 3.63) is 17.5 Å². The number of carbonyl (C=O) groups is 1. The van der Waals surface area contributed by atoms with Crippen molar-refractivity contribution in [2.75, 3.05) is 13.1 Å². The first kappa shape index (κ1) is 8.44. The van der Waals surface area contributed by atoms with Gasteiger partial charge in [-0.1, -0.05) is 5.16 Å². The minimum absolute atomic E-state index is 0.0408. The minimum Gasteiger partial charge on any atom is -0.360 e. The Hall–Kier alpha value is -1.16. The Kier molecular flexibility index (Phi) is 2.14. The molecule has 1 unspecified atom stereocenters. The third kappa shape index (κ3) is 1.62. The normalized spacial score (nSPS) is 22.1. The molecule has 0 amide bonds. The molecule has 4 heteroatoms. The molecular formula is C9H12N2O2. The van der Waals surface area contributed by atoms with Crippen molar-refractivity contribution in [1.29, 1.82) is 0 Å². The average Bonchev–Trinajstić information content (AvgIpc) is 2.75.